The lowest BCUT2D eigenvalue weighted by atomic mass is 9.74. The first-order chi connectivity index (χ1) is 10.5. The number of likely N-dealkylation sites (tertiary alicyclic amines) is 1. The minimum atomic E-state index is -2.75. The Balaban J connectivity index is 1.51. The van der Waals surface area contributed by atoms with Gasteiger partial charge in [0, 0.05) is 18.5 Å². The zero-order chi connectivity index (χ0) is 15.6. The number of nitrogens with zero attached hydrogens (tertiary/aromatic N) is 1. The van der Waals surface area contributed by atoms with Gasteiger partial charge >= 0.3 is 0 Å². The van der Waals surface area contributed by atoms with Crippen molar-refractivity contribution in [1.29, 1.82) is 0 Å². The van der Waals surface area contributed by atoms with Crippen LogP contribution in [0.5, 0.6) is 0 Å². The molecular formula is C16H25NO3S2. The van der Waals surface area contributed by atoms with Crippen molar-refractivity contribution in [3.63, 3.8) is 0 Å². The standard InChI is InChI=1S/C16H25NO3S2/c1-20-12-14-10-15(21-13-14)11-17-6-2-16(3-7-17)4-8-22(18,19)9-5-16/h10,13H,2-9,11-12H2,1H3. The van der Waals surface area contributed by atoms with Crippen LogP contribution < -0.4 is 0 Å². The van der Waals surface area contributed by atoms with Crippen molar-refractivity contribution < 1.29 is 13.2 Å². The summed E-state index contributed by atoms with van der Waals surface area (Å²) in [6.45, 7) is 3.89. The molecule has 1 spiro atoms. The van der Waals surface area contributed by atoms with Gasteiger partial charge in [0.05, 0.1) is 18.1 Å². The number of piperidine rings is 1. The van der Waals surface area contributed by atoms with E-state index in [-0.39, 0.29) is 0 Å². The highest BCUT2D eigenvalue weighted by Crippen LogP contribution is 2.42. The molecule has 0 aliphatic carbocycles. The zero-order valence-corrected chi connectivity index (χ0v) is 14.8. The minimum Gasteiger partial charge on any atom is -0.380 e. The summed E-state index contributed by atoms with van der Waals surface area (Å²) in [5.41, 5.74) is 1.56. The highest BCUT2D eigenvalue weighted by molar-refractivity contribution is 7.91. The summed E-state index contributed by atoms with van der Waals surface area (Å²) < 4.78 is 28.4. The number of thiophene rings is 1. The van der Waals surface area contributed by atoms with E-state index in [2.05, 4.69) is 16.3 Å². The van der Waals surface area contributed by atoms with Crippen molar-refractivity contribution in [3.05, 3.63) is 21.9 Å². The Hall–Kier alpha value is -0.430. The second-order valence-corrected chi connectivity index (χ2v) is 10.1. The molecule has 1 aromatic rings. The zero-order valence-electron chi connectivity index (χ0n) is 13.2. The molecule has 6 heteroatoms. The van der Waals surface area contributed by atoms with Gasteiger partial charge in [0.15, 0.2) is 0 Å². The van der Waals surface area contributed by atoms with Crippen LogP contribution in [0.15, 0.2) is 11.4 Å². The van der Waals surface area contributed by atoms with Crippen molar-refractivity contribution >= 4 is 21.2 Å². The molecule has 124 valence electrons. The fourth-order valence-electron chi connectivity index (χ4n) is 3.63. The molecule has 0 aromatic carbocycles. The number of ether oxygens (including phenoxy) is 1. The first-order valence-electron chi connectivity index (χ1n) is 7.98. The van der Waals surface area contributed by atoms with Crippen LogP contribution in [0.25, 0.3) is 0 Å². The van der Waals surface area contributed by atoms with Crippen LogP contribution in [0.3, 0.4) is 0 Å². The molecule has 0 saturated carbocycles. The van der Waals surface area contributed by atoms with Gasteiger partial charge in [-0.25, -0.2) is 8.42 Å². The van der Waals surface area contributed by atoms with Crippen LogP contribution in [0.2, 0.25) is 0 Å². The van der Waals surface area contributed by atoms with Crippen molar-refractivity contribution in [2.45, 2.75) is 38.8 Å². The number of sulfone groups is 1. The third-order valence-electron chi connectivity index (χ3n) is 5.20. The molecule has 3 heterocycles. The molecule has 3 rings (SSSR count). The molecule has 0 bridgehead atoms. The number of hydrogen-bond donors (Lipinski definition) is 0. The number of methoxy groups -OCH3 is 1. The SMILES string of the molecule is COCc1csc(CN2CCC3(CC2)CCS(=O)(=O)CC3)c1. The Kier molecular flexibility index (Phi) is 4.92. The van der Waals surface area contributed by atoms with Crippen LogP contribution >= 0.6 is 11.3 Å². The maximum Gasteiger partial charge on any atom is 0.150 e. The summed E-state index contributed by atoms with van der Waals surface area (Å²) in [7, 11) is -1.02. The van der Waals surface area contributed by atoms with Gasteiger partial charge in [0.25, 0.3) is 0 Å². The van der Waals surface area contributed by atoms with Crippen LogP contribution in [0.4, 0.5) is 0 Å². The Labute approximate surface area is 137 Å². The first kappa shape index (κ1) is 16.4. The highest BCUT2D eigenvalue weighted by Gasteiger charge is 2.39. The summed E-state index contributed by atoms with van der Waals surface area (Å²) >= 11 is 1.81. The largest absolute Gasteiger partial charge is 0.380 e. The molecular weight excluding hydrogens is 318 g/mol. The third-order valence-corrected chi connectivity index (χ3v) is 7.82. The molecule has 4 nitrogen and oxygen atoms in total. The summed E-state index contributed by atoms with van der Waals surface area (Å²) in [5, 5.41) is 2.18. The van der Waals surface area contributed by atoms with E-state index >= 15 is 0 Å². The Morgan fingerprint density at radius 2 is 1.91 bits per heavy atom. The molecule has 0 radical (unpaired) electrons. The second kappa shape index (κ2) is 6.59. The van der Waals surface area contributed by atoms with Gasteiger partial charge in [-0.2, -0.15) is 0 Å². The molecule has 2 saturated heterocycles. The summed E-state index contributed by atoms with van der Waals surface area (Å²) in [6.07, 6.45) is 4.05. The van der Waals surface area contributed by atoms with Gasteiger partial charge < -0.3 is 4.74 Å². The topological polar surface area (TPSA) is 46.6 Å². The fraction of sp³-hybridized carbons (Fsp3) is 0.750. The number of rotatable bonds is 4. The lowest BCUT2D eigenvalue weighted by Gasteiger charge is -2.44. The average molecular weight is 344 g/mol. The molecule has 0 amide bonds. The Morgan fingerprint density at radius 1 is 1.23 bits per heavy atom. The maximum atomic E-state index is 11.6. The van der Waals surface area contributed by atoms with E-state index in [1.807, 2.05) is 11.3 Å². The van der Waals surface area contributed by atoms with Crippen molar-refractivity contribution in [2.75, 3.05) is 31.7 Å². The van der Waals surface area contributed by atoms with Crippen LogP contribution in [-0.2, 0) is 27.7 Å². The van der Waals surface area contributed by atoms with Gasteiger partial charge in [0.1, 0.15) is 9.84 Å². The third kappa shape index (κ3) is 3.91. The van der Waals surface area contributed by atoms with E-state index in [1.54, 1.807) is 7.11 Å². The molecule has 22 heavy (non-hydrogen) atoms. The fourth-order valence-corrected chi connectivity index (χ4v) is 6.24. The monoisotopic (exact) mass is 343 g/mol. The lowest BCUT2D eigenvalue weighted by Crippen LogP contribution is -2.43. The lowest BCUT2D eigenvalue weighted by molar-refractivity contribution is 0.0896. The quantitative estimate of drug-likeness (QED) is 0.843. The Bertz CT molecular complexity index is 585. The summed E-state index contributed by atoms with van der Waals surface area (Å²) in [4.78, 5) is 3.91. The number of hydrogen-bond acceptors (Lipinski definition) is 5. The van der Waals surface area contributed by atoms with Crippen molar-refractivity contribution in [1.82, 2.24) is 4.90 Å². The second-order valence-electron chi connectivity index (χ2n) is 6.78. The molecule has 2 fully saturated rings. The summed E-state index contributed by atoms with van der Waals surface area (Å²) in [6, 6.07) is 2.24. The minimum absolute atomic E-state index is 0.304. The normalized spacial score (nSPS) is 24.6. The van der Waals surface area contributed by atoms with E-state index in [4.69, 9.17) is 4.74 Å². The molecule has 0 atom stereocenters. The molecule has 1 aromatic heterocycles. The predicted molar refractivity (Wildman–Crippen MR) is 89.9 cm³/mol. The Morgan fingerprint density at radius 3 is 2.55 bits per heavy atom. The molecule has 0 unspecified atom stereocenters. The van der Waals surface area contributed by atoms with E-state index in [0.717, 1.165) is 45.3 Å². The molecule has 2 aliphatic rings. The first-order valence-corrected chi connectivity index (χ1v) is 10.7. The van der Waals surface area contributed by atoms with Gasteiger partial charge in [0.2, 0.25) is 0 Å². The van der Waals surface area contributed by atoms with E-state index in [9.17, 15) is 8.42 Å². The summed E-state index contributed by atoms with van der Waals surface area (Å²) in [5.74, 6) is 0.802. The van der Waals surface area contributed by atoms with E-state index < -0.39 is 9.84 Å². The average Bonchev–Trinajstić information content (AvgIpc) is 2.93. The van der Waals surface area contributed by atoms with Gasteiger partial charge in [-0.1, -0.05) is 0 Å². The van der Waals surface area contributed by atoms with E-state index in [1.165, 1.54) is 10.4 Å². The smallest absolute Gasteiger partial charge is 0.150 e. The van der Waals surface area contributed by atoms with Crippen molar-refractivity contribution in [2.24, 2.45) is 5.41 Å². The maximum absolute atomic E-state index is 11.6. The predicted octanol–water partition coefficient (Wildman–Crippen LogP) is 2.69. The molecule has 0 N–H and O–H groups in total. The van der Waals surface area contributed by atoms with Gasteiger partial charge in [-0.3, -0.25) is 4.90 Å². The highest BCUT2D eigenvalue weighted by atomic mass is 32.2. The molecule has 2 aliphatic heterocycles. The van der Waals surface area contributed by atoms with Crippen LogP contribution in [0, 0.1) is 5.41 Å². The van der Waals surface area contributed by atoms with Crippen molar-refractivity contribution in [3.8, 4) is 0 Å². The van der Waals surface area contributed by atoms with Crippen LogP contribution in [-0.4, -0.2) is 45.0 Å². The van der Waals surface area contributed by atoms with Gasteiger partial charge in [-0.15, -0.1) is 11.3 Å². The van der Waals surface area contributed by atoms with Gasteiger partial charge in [-0.05, 0) is 61.2 Å². The van der Waals surface area contributed by atoms with E-state index in [0.29, 0.717) is 23.5 Å². The van der Waals surface area contributed by atoms with Crippen LogP contribution in [0.1, 0.15) is 36.1 Å².